The summed E-state index contributed by atoms with van der Waals surface area (Å²) in [7, 11) is 4.59. The van der Waals surface area contributed by atoms with Gasteiger partial charge in [0.25, 0.3) is 5.91 Å². The number of ether oxygens (including phenoxy) is 3. The van der Waals surface area contributed by atoms with Crippen LogP contribution in [0.4, 0.5) is 5.82 Å². The first-order valence-electron chi connectivity index (χ1n) is 8.68. The van der Waals surface area contributed by atoms with Crippen molar-refractivity contribution in [2.24, 2.45) is 0 Å². The first-order chi connectivity index (χ1) is 12.9. The Bertz CT molecular complexity index is 785. The minimum Gasteiger partial charge on any atom is -0.493 e. The van der Waals surface area contributed by atoms with Crippen LogP contribution in [0.2, 0.25) is 0 Å². The zero-order chi connectivity index (χ0) is 20.0. The highest BCUT2D eigenvalue weighted by Crippen LogP contribution is 2.40. The molecule has 0 saturated heterocycles. The summed E-state index contributed by atoms with van der Waals surface area (Å²) in [5, 5.41) is 2.89. The maximum Gasteiger partial charge on any atom is 0.273 e. The van der Waals surface area contributed by atoms with Gasteiger partial charge >= 0.3 is 0 Å². The third-order valence-electron chi connectivity index (χ3n) is 4.08. The van der Waals surface area contributed by atoms with Gasteiger partial charge in [-0.25, -0.2) is 9.97 Å². The maximum atomic E-state index is 12.5. The minimum atomic E-state index is -0.352. The van der Waals surface area contributed by atoms with E-state index in [1.165, 1.54) is 27.5 Å². The number of carbonyl (C=O) groups excluding carboxylic acids is 1. The van der Waals surface area contributed by atoms with Crippen LogP contribution in [0.5, 0.6) is 17.2 Å². The molecule has 146 valence electrons. The van der Waals surface area contributed by atoms with Crippen LogP contribution in [0.15, 0.2) is 18.3 Å². The number of hydrogen-bond acceptors (Lipinski definition) is 7. The summed E-state index contributed by atoms with van der Waals surface area (Å²) in [5.41, 5.74) is 7.09. The molecule has 0 radical (unpaired) electrons. The molecule has 1 aromatic carbocycles. The summed E-state index contributed by atoms with van der Waals surface area (Å²) in [6.07, 6.45) is 3.34. The highest BCUT2D eigenvalue weighted by molar-refractivity contribution is 5.97. The summed E-state index contributed by atoms with van der Waals surface area (Å²) < 4.78 is 16.1. The predicted molar refractivity (Wildman–Crippen MR) is 103 cm³/mol. The molecule has 1 aromatic heterocycles. The van der Waals surface area contributed by atoms with E-state index in [0.717, 1.165) is 12.8 Å². The monoisotopic (exact) mass is 374 g/mol. The fourth-order valence-electron chi connectivity index (χ4n) is 2.73. The fraction of sp³-hybridized carbons (Fsp3) is 0.421. The number of carbonyl (C=O) groups is 1. The number of rotatable bonds is 8. The molecule has 8 nitrogen and oxygen atoms in total. The number of nitrogens with zero attached hydrogens (tertiary/aromatic N) is 2. The Hall–Kier alpha value is -3.03. The van der Waals surface area contributed by atoms with E-state index in [9.17, 15) is 4.79 Å². The zero-order valence-electron chi connectivity index (χ0n) is 16.3. The molecule has 2 rings (SSSR count). The first-order valence-corrected chi connectivity index (χ1v) is 8.68. The minimum absolute atomic E-state index is 0.0218. The van der Waals surface area contributed by atoms with E-state index in [4.69, 9.17) is 19.9 Å². The van der Waals surface area contributed by atoms with Crippen LogP contribution in [-0.2, 0) is 0 Å². The van der Waals surface area contributed by atoms with Gasteiger partial charge in [-0.05, 0) is 25.5 Å². The number of hydrogen-bond donors (Lipinski definition) is 2. The molecule has 0 spiro atoms. The van der Waals surface area contributed by atoms with Crippen molar-refractivity contribution >= 4 is 11.7 Å². The fourth-order valence-corrected chi connectivity index (χ4v) is 2.73. The molecule has 0 aliphatic heterocycles. The molecule has 1 atom stereocenters. The lowest BCUT2D eigenvalue weighted by Gasteiger charge is -2.15. The molecule has 0 bridgehead atoms. The topological polar surface area (TPSA) is 109 Å². The highest BCUT2D eigenvalue weighted by Gasteiger charge is 2.19. The van der Waals surface area contributed by atoms with Gasteiger partial charge in [-0.15, -0.1) is 0 Å². The molecule has 1 amide bonds. The van der Waals surface area contributed by atoms with Crippen molar-refractivity contribution in [2.75, 3.05) is 27.1 Å². The lowest BCUT2D eigenvalue weighted by Crippen LogP contribution is -2.33. The van der Waals surface area contributed by atoms with Gasteiger partial charge in [-0.1, -0.05) is 13.3 Å². The van der Waals surface area contributed by atoms with Gasteiger partial charge in [0, 0.05) is 11.6 Å². The Morgan fingerprint density at radius 2 is 1.81 bits per heavy atom. The molecule has 0 aliphatic rings. The van der Waals surface area contributed by atoms with Crippen molar-refractivity contribution in [3.63, 3.8) is 0 Å². The molecule has 2 aromatic rings. The first kappa shape index (κ1) is 20.3. The van der Waals surface area contributed by atoms with Gasteiger partial charge in [-0.3, -0.25) is 4.79 Å². The molecule has 8 heteroatoms. The molecule has 0 saturated carbocycles. The van der Waals surface area contributed by atoms with Gasteiger partial charge in [0.2, 0.25) is 5.75 Å². The quantitative estimate of drug-likeness (QED) is 0.731. The third-order valence-corrected chi connectivity index (χ3v) is 4.08. The molecule has 1 unspecified atom stereocenters. The van der Waals surface area contributed by atoms with Gasteiger partial charge in [-0.2, -0.15) is 0 Å². The molecule has 1 heterocycles. The summed E-state index contributed by atoms with van der Waals surface area (Å²) >= 11 is 0. The third kappa shape index (κ3) is 4.58. The molecule has 3 N–H and O–H groups in total. The van der Waals surface area contributed by atoms with E-state index >= 15 is 0 Å². The number of anilines is 1. The van der Waals surface area contributed by atoms with Crippen LogP contribution in [0.25, 0.3) is 11.3 Å². The Kier molecular flexibility index (Phi) is 6.81. The molecule has 27 heavy (non-hydrogen) atoms. The van der Waals surface area contributed by atoms with E-state index in [2.05, 4.69) is 22.2 Å². The van der Waals surface area contributed by atoms with E-state index in [-0.39, 0.29) is 23.5 Å². The molecular weight excluding hydrogens is 348 g/mol. The van der Waals surface area contributed by atoms with Crippen molar-refractivity contribution in [3.8, 4) is 28.5 Å². The van der Waals surface area contributed by atoms with Crippen molar-refractivity contribution in [1.82, 2.24) is 15.3 Å². The van der Waals surface area contributed by atoms with Crippen LogP contribution >= 0.6 is 0 Å². The van der Waals surface area contributed by atoms with Gasteiger partial charge in [0.05, 0.1) is 33.2 Å². The lowest BCUT2D eigenvalue weighted by atomic mass is 10.1. The average Bonchev–Trinajstić information content (AvgIpc) is 2.67. The number of nitrogen functional groups attached to an aromatic ring is 1. The predicted octanol–water partition coefficient (Wildman–Crippen LogP) is 2.67. The van der Waals surface area contributed by atoms with Crippen molar-refractivity contribution < 1.29 is 19.0 Å². The Morgan fingerprint density at radius 3 is 2.33 bits per heavy atom. The van der Waals surface area contributed by atoms with Gasteiger partial charge < -0.3 is 25.3 Å². The number of methoxy groups -OCH3 is 3. The Balaban J connectivity index is 2.44. The standard InChI is InChI=1S/C19H26N4O4/c1-6-7-11(2)22-19(24)16-18(20)21-10-13(23-16)12-8-14(25-3)17(27-5)15(9-12)26-4/h8-11H,6-7H2,1-5H3,(H2,20,21)(H,22,24). The average molecular weight is 374 g/mol. The molecule has 0 fully saturated rings. The second-order valence-electron chi connectivity index (χ2n) is 6.07. The van der Waals surface area contributed by atoms with E-state index in [1.54, 1.807) is 12.1 Å². The van der Waals surface area contributed by atoms with E-state index < -0.39 is 0 Å². The van der Waals surface area contributed by atoms with E-state index in [1.807, 2.05) is 6.92 Å². The van der Waals surface area contributed by atoms with Crippen LogP contribution < -0.4 is 25.3 Å². The van der Waals surface area contributed by atoms with Gasteiger partial charge in [0.15, 0.2) is 23.0 Å². The number of benzene rings is 1. The van der Waals surface area contributed by atoms with Crippen LogP contribution in [0.3, 0.4) is 0 Å². The molecule has 0 aliphatic carbocycles. The summed E-state index contributed by atoms with van der Waals surface area (Å²) in [6, 6.07) is 3.50. The maximum absolute atomic E-state index is 12.5. The number of amides is 1. The Labute approximate surface area is 159 Å². The lowest BCUT2D eigenvalue weighted by molar-refractivity contribution is 0.0934. The zero-order valence-corrected chi connectivity index (χ0v) is 16.3. The van der Waals surface area contributed by atoms with Crippen molar-refractivity contribution in [2.45, 2.75) is 32.7 Å². The smallest absolute Gasteiger partial charge is 0.273 e. The van der Waals surface area contributed by atoms with Crippen molar-refractivity contribution in [3.05, 3.63) is 24.0 Å². The largest absolute Gasteiger partial charge is 0.493 e. The number of aromatic nitrogens is 2. The highest BCUT2D eigenvalue weighted by atomic mass is 16.5. The van der Waals surface area contributed by atoms with Crippen molar-refractivity contribution in [1.29, 1.82) is 0 Å². The van der Waals surface area contributed by atoms with Crippen LogP contribution in [0, 0.1) is 0 Å². The Morgan fingerprint density at radius 1 is 1.19 bits per heavy atom. The molecular formula is C19H26N4O4. The second kappa shape index (κ2) is 9.07. The summed E-state index contributed by atoms with van der Waals surface area (Å²) in [4.78, 5) is 21.1. The number of nitrogens with one attached hydrogen (secondary N) is 1. The second-order valence-corrected chi connectivity index (χ2v) is 6.07. The normalized spacial score (nSPS) is 11.6. The SMILES string of the molecule is CCCC(C)NC(=O)c1nc(-c2cc(OC)c(OC)c(OC)c2)cnc1N. The summed E-state index contributed by atoms with van der Waals surface area (Å²) in [5.74, 6) is 1.15. The summed E-state index contributed by atoms with van der Waals surface area (Å²) in [6.45, 7) is 4.00. The van der Waals surface area contributed by atoms with E-state index in [0.29, 0.717) is 28.5 Å². The van der Waals surface area contributed by atoms with Crippen LogP contribution in [-0.4, -0.2) is 43.2 Å². The van der Waals surface area contributed by atoms with Crippen LogP contribution in [0.1, 0.15) is 37.2 Å². The van der Waals surface area contributed by atoms with Gasteiger partial charge in [0.1, 0.15) is 0 Å². The number of nitrogens with two attached hydrogens (primary N) is 1.